The number of benzene rings is 2. The van der Waals surface area contributed by atoms with Crippen LogP contribution in [-0.4, -0.2) is 42.3 Å². The molecule has 0 bridgehead atoms. The van der Waals surface area contributed by atoms with Crippen LogP contribution in [0.1, 0.15) is 12.8 Å². The minimum absolute atomic E-state index is 0.0361. The molecule has 152 valence electrons. The predicted molar refractivity (Wildman–Crippen MR) is 108 cm³/mol. The van der Waals surface area contributed by atoms with Gasteiger partial charge in [-0.3, -0.25) is 9.59 Å². The number of likely N-dealkylation sites (tertiary alicyclic amines) is 1. The van der Waals surface area contributed by atoms with Crippen LogP contribution < -0.4 is 14.8 Å². The van der Waals surface area contributed by atoms with Gasteiger partial charge in [-0.25, -0.2) is 4.39 Å². The number of ether oxygens (including phenoxy) is 2. The number of halogens is 1. The Bertz CT molecular complexity index is 898. The Balaban J connectivity index is 1.23. The number of thioether (sulfide) groups is 1. The second-order valence-electron chi connectivity index (χ2n) is 6.95. The summed E-state index contributed by atoms with van der Waals surface area (Å²) in [7, 11) is 0. The van der Waals surface area contributed by atoms with Gasteiger partial charge in [0.25, 0.3) is 0 Å². The van der Waals surface area contributed by atoms with Crippen molar-refractivity contribution in [2.24, 2.45) is 5.92 Å². The molecule has 0 radical (unpaired) electrons. The van der Waals surface area contributed by atoms with Gasteiger partial charge >= 0.3 is 0 Å². The monoisotopic (exact) mass is 416 g/mol. The van der Waals surface area contributed by atoms with Crippen molar-refractivity contribution in [3.63, 3.8) is 0 Å². The first kappa shape index (κ1) is 19.6. The van der Waals surface area contributed by atoms with E-state index in [-0.39, 0.29) is 30.3 Å². The summed E-state index contributed by atoms with van der Waals surface area (Å²) in [5.74, 6) is 1.18. The average Bonchev–Trinajstić information content (AvgIpc) is 3.21. The summed E-state index contributed by atoms with van der Waals surface area (Å²) in [5.41, 5.74) is 0.674. The molecule has 1 saturated heterocycles. The summed E-state index contributed by atoms with van der Waals surface area (Å²) >= 11 is 1.39. The zero-order valence-corrected chi connectivity index (χ0v) is 16.5. The summed E-state index contributed by atoms with van der Waals surface area (Å²) in [6.45, 7) is 1.31. The van der Waals surface area contributed by atoms with Crippen LogP contribution in [0.5, 0.6) is 11.5 Å². The molecule has 1 N–H and O–H groups in total. The van der Waals surface area contributed by atoms with Crippen LogP contribution >= 0.6 is 11.8 Å². The van der Waals surface area contributed by atoms with Gasteiger partial charge in [-0.2, -0.15) is 0 Å². The Morgan fingerprint density at radius 3 is 2.55 bits per heavy atom. The highest BCUT2D eigenvalue weighted by Crippen LogP contribution is 2.34. The predicted octanol–water partition coefficient (Wildman–Crippen LogP) is 3.52. The normalized spacial score (nSPS) is 16.0. The number of hydrogen-bond acceptors (Lipinski definition) is 5. The fraction of sp³-hybridized carbons (Fsp3) is 0.333. The fourth-order valence-electron chi connectivity index (χ4n) is 3.38. The van der Waals surface area contributed by atoms with Crippen molar-refractivity contribution in [1.82, 2.24) is 4.90 Å². The van der Waals surface area contributed by atoms with E-state index in [0.717, 1.165) is 4.90 Å². The van der Waals surface area contributed by atoms with E-state index in [1.165, 1.54) is 23.9 Å². The van der Waals surface area contributed by atoms with E-state index < -0.39 is 0 Å². The minimum atomic E-state index is -0.290. The maximum Gasteiger partial charge on any atom is 0.232 e. The first-order valence-corrected chi connectivity index (χ1v) is 10.4. The second-order valence-corrected chi connectivity index (χ2v) is 8.00. The van der Waals surface area contributed by atoms with Crippen LogP contribution in [0.25, 0.3) is 0 Å². The van der Waals surface area contributed by atoms with E-state index in [1.807, 2.05) is 0 Å². The van der Waals surface area contributed by atoms with Gasteiger partial charge < -0.3 is 19.7 Å². The van der Waals surface area contributed by atoms with Gasteiger partial charge in [-0.05, 0) is 49.2 Å². The molecular formula is C21H21FN2O4S. The van der Waals surface area contributed by atoms with Crippen LogP contribution in [0.4, 0.5) is 10.1 Å². The van der Waals surface area contributed by atoms with Gasteiger partial charge in [0.1, 0.15) is 5.82 Å². The van der Waals surface area contributed by atoms with Crippen LogP contribution in [0.2, 0.25) is 0 Å². The maximum absolute atomic E-state index is 12.9. The lowest BCUT2D eigenvalue weighted by Gasteiger charge is -2.31. The molecule has 0 spiro atoms. The quantitative estimate of drug-likeness (QED) is 0.756. The van der Waals surface area contributed by atoms with Gasteiger partial charge in [-0.15, -0.1) is 11.8 Å². The summed E-state index contributed by atoms with van der Waals surface area (Å²) in [4.78, 5) is 27.6. The number of piperidine rings is 1. The van der Waals surface area contributed by atoms with E-state index >= 15 is 0 Å². The minimum Gasteiger partial charge on any atom is -0.454 e. The lowest BCUT2D eigenvalue weighted by molar-refractivity contribution is -0.132. The number of carbonyl (C=O) groups excluding carboxylic acids is 2. The molecule has 1 fully saturated rings. The molecule has 6 nitrogen and oxygen atoms in total. The number of carbonyl (C=O) groups is 2. The molecule has 0 atom stereocenters. The summed E-state index contributed by atoms with van der Waals surface area (Å²) in [6, 6.07) is 11.4. The molecule has 2 aromatic rings. The van der Waals surface area contributed by atoms with Crippen molar-refractivity contribution in [2.75, 3.05) is 31.0 Å². The van der Waals surface area contributed by atoms with Crippen LogP contribution in [0.15, 0.2) is 47.4 Å². The molecule has 0 aliphatic carbocycles. The maximum atomic E-state index is 12.9. The summed E-state index contributed by atoms with van der Waals surface area (Å²) in [6.07, 6.45) is 1.26. The van der Waals surface area contributed by atoms with Gasteiger partial charge in [0.2, 0.25) is 18.6 Å². The third-order valence-electron chi connectivity index (χ3n) is 5.03. The molecule has 0 unspecified atom stereocenters. The third-order valence-corrected chi connectivity index (χ3v) is 6.03. The third kappa shape index (κ3) is 4.82. The van der Waals surface area contributed by atoms with E-state index in [4.69, 9.17) is 9.47 Å². The van der Waals surface area contributed by atoms with Crippen molar-refractivity contribution in [3.05, 3.63) is 48.3 Å². The van der Waals surface area contributed by atoms with Gasteiger partial charge in [0.05, 0.1) is 5.75 Å². The van der Waals surface area contributed by atoms with E-state index in [0.29, 0.717) is 48.9 Å². The lowest BCUT2D eigenvalue weighted by atomic mass is 9.96. The summed E-state index contributed by atoms with van der Waals surface area (Å²) < 4.78 is 23.5. The molecule has 2 aliphatic heterocycles. The topological polar surface area (TPSA) is 67.9 Å². The smallest absolute Gasteiger partial charge is 0.232 e. The number of rotatable bonds is 5. The van der Waals surface area contributed by atoms with Crippen LogP contribution in [0, 0.1) is 11.7 Å². The SMILES string of the molecule is O=C(Nc1ccc2c(c1)OCO2)C1CCN(C(=O)CSc2ccc(F)cc2)CC1. The Hall–Kier alpha value is -2.74. The highest BCUT2D eigenvalue weighted by molar-refractivity contribution is 8.00. The average molecular weight is 416 g/mol. The van der Waals surface area contributed by atoms with Crippen LogP contribution in [-0.2, 0) is 9.59 Å². The number of hydrogen-bond donors (Lipinski definition) is 1. The number of fused-ring (bicyclic) bond motifs is 1. The molecule has 2 aromatic carbocycles. The fourth-order valence-corrected chi connectivity index (χ4v) is 4.18. The van der Waals surface area contributed by atoms with Gasteiger partial charge in [0.15, 0.2) is 11.5 Å². The van der Waals surface area contributed by atoms with E-state index in [1.54, 1.807) is 35.2 Å². The Morgan fingerprint density at radius 1 is 1.07 bits per heavy atom. The van der Waals surface area contributed by atoms with Crippen molar-refractivity contribution in [1.29, 1.82) is 0 Å². The Labute approximate surface area is 172 Å². The van der Waals surface area contributed by atoms with Gasteiger partial charge in [0, 0.05) is 35.7 Å². The van der Waals surface area contributed by atoms with Crippen molar-refractivity contribution < 1.29 is 23.5 Å². The standard InChI is InChI=1S/C21H21FN2O4S/c22-15-1-4-17(5-2-15)29-12-20(25)24-9-7-14(8-10-24)21(26)23-16-3-6-18-19(11-16)28-13-27-18/h1-6,11,14H,7-10,12-13H2,(H,23,26). The molecule has 2 aliphatic rings. The molecule has 2 heterocycles. The number of anilines is 1. The summed E-state index contributed by atoms with van der Waals surface area (Å²) in [5, 5.41) is 2.92. The molecule has 4 rings (SSSR count). The second kappa shape index (κ2) is 8.73. The number of nitrogens with one attached hydrogen (secondary N) is 1. The largest absolute Gasteiger partial charge is 0.454 e. The van der Waals surface area contributed by atoms with Crippen molar-refractivity contribution in [2.45, 2.75) is 17.7 Å². The molecule has 8 heteroatoms. The highest BCUT2D eigenvalue weighted by Gasteiger charge is 2.27. The van der Waals surface area contributed by atoms with Crippen molar-refractivity contribution >= 4 is 29.3 Å². The first-order valence-electron chi connectivity index (χ1n) is 9.45. The molecule has 2 amide bonds. The zero-order valence-electron chi connectivity index (χ0n) is 15.7. The number of amides is 2. The van der Waals surface area contributed by atoms with Crippen molar-refractivity contribution in [3.8, 4) is 11.5 Å². The zero-order chi connectivity index (χ0) is 20.2. The lowest BCUT2D eigenvalue weighted by Crippen LogP contribution is -2.42. The molecule has 29 heavy (non-hydrogen) atoms. The van der Waals surface area contributed by atoms with E-state index in [2.05, 4.69) is 5.32 Å². The number of nitrogens with zero attached hydrogens (tertiary/aromatic N) is 1. The highest BCUT2D eigenvalue weighted by atomic mass is 32.2. The Kier molecular flexibility index (Phi) is 5.89. The first-order chi connectivity index (χ1) is 14.1. The van der Waals surface area contributed by atoms with E-state index in [9.17, 15) is 14.0 Å². The molecule has 0 aromatic heterocycles. The Morgan fingerprint density at radius 2 is 1.79 bits per heavy atom. The molecular weight excluding hydrogens is 395 g/mol. The molecule has 0 saturated carbocycles. The van der Waals surface area contributed by atoms with Gasteiger partial charge in [-0.1, -0.05) is 0 Å². The van der Waals surface area contributed by atoms with Crippen LogP contribution in [0.3, 0.4) is 0 Å².